The van der Waals surface area contributed by atoms with E-state index in [9.17, 15) is 10.1 Å². The summed E-state index contributed by atoms with van der Waals surface area (Å²) in [5.74, 6) is 0. The fraction of sp³-hybridized carbons (Fsp3) is 0.625. The average molecular weight is 291 g/mol. The Morgan fingerprint density at radius 3 is 2.95 bits per heavy atom. The highest BCUT2D eigenvalue weighted by molar-refractivity contribution is 5.55. The molecule has 2 rings (SSSR count). The minimum Gasteiger partial charge on any atom is -0.382 e. The van der Waals surface area contributed by atoms with E-state index in [2.05, 4.69) is 17.6 Å². The first-order chi connectivity index (χ1) is 10.1. The van der Waals surface area contributed by atoms with Crippen LogP contribution in [0.3, 0.4) is 0 Å². The number of anilines is 1. The van der Waals surface area contributed by atoms with E-state index in [1.54, 1.807) is 12.1 Å². The molecule has 0 bridgehead atoms. The molecule has 5 nitrogen and oxygen atoms in total. The number of aryl methyl sites for hydroxylation is 1. The Morgan fingerprint density at radius 2 is 2.24 bits per heavy atom. The van der Waals surface area contributed by atoms with Crippen LogP contribution in [-0.2, 0) is 0 Å². The minimum atomic E-state index is -0.352. The molecule has 0 saturated carbocycles. The van der Waals surface area contributed by atoms with E-state index in [-0.39, 0.29) is 10.6 Å². The van der Waals surface area contributed by atoms with Gasteiger partial charge in [0, 0.05) is 29.9 Å². The summed E-state index contributed by atoms with van der Waals surface area (Å²) in [6.07, 6.45) is 6.23. The van der Waals surface area contributed by atoms with Gasteiger partial charge in [0.05, 0.1) is 4.92 Å². The Kier molecular flexibility index (Phi) is 5.56. The van der Waals surface area contributed by atoms with E-state index in [0.29, 0.717) is 12.1 Å². The molecule has 1 saturated heterocycles. The van der Waals surface area contributed by atoms with Gasteiger partial charge >= 0.3 is 0 Å². The van der Waals surface area contributed by atoms with Crippen molar-refractivity contribution in [2.75, 3.05) is 11.9 Å². The molecule has 0 aromatic heterocycles. The second-order valence-electron chi connectivity index (χ2n) is 6.04. The zero-order valence-electron chi connectivity index (χ0n) is 12.9. The van der Waals surface area contributed by atoms with Gasteiger partial charge in [-0.1, -0.05) is 12.8 Å². The molecular formula is C16H25N3O2. The van der Waals surface area contributed by atoms with Crippen LogP contribution in [0.2, 0.25) is 0 Å². The van der Waals surface area contributed by atoms with Crippen LogP contribution in [-0.4, -0.2) is 23.6 Å². The maximum absolute atomic E-state index is 10.8. The van der Waals surface area contributed by atoms with Crippen LogP contribution >= 0.6 is 0 Å². The molecule has 1 aliphatic heterocycles. The first kappa shape index (κ1) is 15.8. The van der Waals surface area contributed by atoms with Crippen LogP contribution in [0.4, 0.5) is 11.4 Å². The topological polar surface area (TPSA) is 67.2 Å². The highest BCUT2D eigenvalue weighted by Gasteiger charge is 2.16. The molecule has 0 aliphatic carbocycles. The highest BCUT2D eigenvalue weighted by atomic mass is 16.6. The summed E-state index contributed by atoms with van der Waals surface area (Å²) in [5, 5.41) is 17.8. The smallest absolute Gasteiger partial charge is 0.269 e. The van der Waals surface area contributed by atoms with E-state index in [4.69, 9.17) is 0 Å². The Labute approximate surface area is 126 Å². The van der Waals surface area contributed by atoms with Crippen LogP contribution in [0.25, 0.3) is 0 Å². The monoisotopic (exact) mass is 291 g/mol. The SMILES string of the molecule is Cc1cc([N+](=O)[O-])ccc1NC(C)CC1CCCCCN1. The second-order valence-corrected chi connectivity index (χ2v) is 6.04. The van der Waals surface area contributed by atoms with Crippen LogP contribution in [0.5, 0.6) is 0 Å². The fourth-order valence-electron chi connectivity index (χ4n) is 2.98. The zero-order valence-corrected chi connectivity index (χ0v) is 12.9. The zero-order chi connectivity index (χ0) is 15.2. The molecule has 1 fully saturated rings. The molecular weight excluding hydrogens is 266 g/mol. The van der Waals surface area contributed by atoms with Crippen molar-refractivity contribution in [1.29, 1.82) is 0 Å². The van der Waals surface area contributed by atoms with Gasteiger partial charge in [0.15, 0.2) is 0 Å². The third-order valence-corrected chi connectivity index (χ3v) is 4.12. The van der Waals surface area contributed by atoms with Crippen molar-refractivity contribution in [3.8, 4) is 0 Å². The van der Waals surface area contributed by atoms with Gasteiger partial charge in [0.1, 0.15) is 0 Å². The van der Waals surface area contributed by atoms with Gasteiger partial charge in [-0.2, -0.15) is 0 Å². The predicted molar refractivity (Wildman–Crippen MR) is 85.8 cm³/mol. The van der Waals surface area contributed by atoms with E-state index in [0.717, 1.165) is 24.2 Å². The molecule has 1 aromatic carbocycles. The molecule has 1 heterocycles. The maximum atomic E-state index is 10.8. The summed E-state index contributed by atoms with van der Waals surface area (Å²) in [5.41, 5.74) is 2.06. The molecule has 2 atom stereocenters. The van der Waals surface area contributed by atoms with Crippen molar-refractivity contribution >= 4 is 11.4 Å². The molecule has 116 valence electrons. The molecule has 1 aromatic rings. The molecule has 0 radical (unpaired) electrons. The van der Waals surface area contributed by atoms with Crippen molar-refractivity contribution in [2.24, 2.45) is 0 Å². The second kappa shape index (κ2) is 7.41. The lowest BCUT2D eigenvalue weighted by Gasteiger charge is -2.23. The highest BCUT2D eigenvalue weighted by Crippen LogP contribution is 2.23. The number of nitro groups is 1. The molecule has 2 N–H and O–H groups in total. The Hall–Kier alpha value is -1.62. The number of nitrogens with one attached hydrogen (secondary N) is 2. The van der Waals surface area contributed by atoms with E-state index in [1.165, 1.54) is 25.7 Å². The maximum Gasteiger partial charge on any atom is 0.269 e. The van der Waals surface area contributed by atoms with E-state index >= 15 is 0 Å². The number of benzene rings is 1. The first-order valence-corrected chi connectivity index (χ1v) is 7.81. The molecule has 1 aliphatic rings. The van der Waals surface area contributed by atoms with Crippen molar-refractivity contribution in [1.82, 2.24) is 5.32 Å². The van der Waals surface area contributed by atoms with Gasteiger partial charge in [-0.15, -0.1) is 0 Å². The van der Waals surface area contributed by atoms with Gasteiger partial charge in [0.2, 0.25) is 0 Å². The summed E-state index contributed by atoms with van der Waals surface area (Å²) in [6, 6.07) is 5.92. The summed E-state index contributed by atoms with van der Waals surface area (Å²) >= 11 is 0. The number of hydrogen-bond acceptors (Lipinski definition) is 4. The number of hydrogen-bond donors (Lipinski definition) is 2. The Bertz CT molecular complexity index is 482. The average Bonchev–Trinajstić information content (AvgIpc) is 2.69. The van der Waals surface area contributed by atoms with Gasteiger partial charge in [-0.05, 0) is 51.3 Å². The van der Waals surface area contributed by atoms with Gasteiger partial charge in [-0.25, -0.2) is 0 Å². The number of non-ortho nitro benzene ring substituents is 1. The molecule has 5 heteroatoms. The molecule has 21 heavy (non-hydrogen) atoms. The lowest BCUT2D eigenvalue weighted by molar-refractivity contribution is -0.384. The van der Waals surface area contributed by atoms with E-state index in [1.807, 2.05) is 13.0 Å². The largest absolute Gasteiger partial charge is 0.382 e. The standard InChI is InChI=1S/C16H25N3O2/c1-12-10-15(19(20)21)7-8-16(12)18-13(2)11-14-6-4-3-5-9-17-14/h7-8,10,13-14,17-18H,3-6,9,11H2,1-2H3. The molecule has 2 unspecified atom stereocenters. The van der Waals surface area contributed by atoms with Crippen LogP contribution in [0.1, 0.15) is 44.6 Å². The van der Waals surface area contributed by atoms with Crippen molar-refractivity contribution in [3.05, 3.63) is 33.9 Å². The van der Waals surface area contributed by atoms with E-state index < -0.39 is 0 Å². The minimum absolute atomic E-state index is 0.149. The van der Waals surface area contributed by atoms with Crippen molar-refractivity contribution < 1.29 is 4.92 Å². The normalized spacial score (nSPS) is 20.6. The van der Waals surface area contributed by atoms with Crippen LogP contribution < -0.4 is 10.6 Å². The summed E-state index contributed by atoms with van der Waals surface area (Å²) in [7, 11) is 0. The van der Waals surface area contributed by atoms with Crippen molar-refractivity contribution in [3.63, 3.8) is 0 Å². The van der Waals surface area contributed by atoms with Gasteiger partial charge in [-0.3, -0.25) is 10.1 Å². The van der Waals surface area contributed by atoms with Crippen LogP contribution in [0.15, 0.2) is 18.2 Å². The summed E-state index contributed by atoms with van der Waals surface area (Å²) in [4.78, 5) is 10.4. The quantitative estimate of drug-likeness (QED) is 0.642. The third kappa shape index (κ3) is 4.70. The lowest BCUT2D eigenvalue weighted by Crippen LogP contribution is -2.33. The molecule has 0 amide bonds. The number of nitro benzene ring substituents is 1. The lowest BCUT2D eigenvalue weighted by atomic mass is 10.0. The molecule has 0 spiro atoms. The summed E-state index contributed by atoms with van der Waals surface area (Å²) < 4.78 is 0. The van der Waals surface area contributed by atoms with Crippen molar-refractivity contribution in [2.45, 2.75) is 58.0 Å². The predicted octanol–water partition coefficient (Wildman–Crippen LogP) is 3.63. The Morgan fingerprint density at radius 1 is 1.43 bits per heavy atom. The Balaban J connectivity index is 1.92. The first-order valence-electron chi connectivity index (χ1n) is 7.81. The fourth-order valence-corrected chi connectivity index (χ4v) is 2.98. The van der Waals surface area contributed by atoms with Crippen LogP contribution in [0, 0.1) is 17.0 Å². The third-order valence-electron chi connectivity index (χ3n) is 4.12. The number of rotatable bonds is 5. The van der Waals surface area contributed by atoms with Gasteiger partial charge < -0.3 is 10.6 Å². The van der Waals surface area contributed by atoms with Gasteiger partial charge in [0.25, 0.3) is 5.69 Å². The summed E-state index contributed by atoms with van der Waals surface area (Å²) in [6.45, 7) is 5.20. The number of nitrogens with zero attached hydrogens (tertiary/aromatic N) is 1.